The van der Waals surface area contributed by atoms with Gasteiger partial charge in [-0.1, -0.05) is 12.1 Å². The van der Waals surface area contributed by atoms with Crippen LogP contribution in [0.25, 0.3) is 10.9 Å². The molecule has 0 spiro atoms. The van der Waals surface area contributed by atoms with Crippen LogP contribution in [0.2, 0.25) is 0 Å². The van der Waals surface area contributed by atoms with Gasteiger partial charge in [0.25, 0.3) is 5.56 Å². The van der Waals surface area contributed by atoms with Crippen molar-refractivity contribution >= 4 is 16.9 Å². The smallest absolute Gasteiger partial charge is 0.323 e. The molecule has 2 N–H and O–H groups in total. The van der Waals surface area contributed by atoms with E-state index in [1.807, 2.05) is 11.0 Å². The molecule has 0 amide bonds. The summed E-state index contributed by atoms with van der Waals surface area (Å²) in [5.41, 5.74) is -0.441. The highest BCUT2D eigenvalue weighted by molar-refractivity contribution is 5.79. The van der Waals surface area contributed by atoms with Crippen LogP contribution in [0.5, 0.6) is 0 Å². The van der Waals surface area contributed by atoms with Crippen molar-refractivity contribution in [1.82, 2.24) is 14.9 Å². The summed E-state index contributed by atoms with van der Waals surface area (Å²) in [6, 6.07) is 7.13. The van der Waals surface area contributed by atoms with Gasteiger partial charge in [-0.2, -0.15) is 0 Å². The van der Waals surface area contributed by atoms with E-state index in [2.05, 4.69) is 9.97 Å². The Bertz CT molecular complexity index is 755. The van der Waals surface area contributed by atoms with Crippen molar-refractivity contribution in [2.75, 3.05) is 6.54 Å². The molecule has 1 atom stereocenters. The number of para-hydroxylation sites is 1. The molecule has 1 fully saturated rings. The summed E-state index contributed by atoms with van der Waals surface area (Å²) in [5, 5.41) is 9.96. The zero-order valence-electron chi connectivity index (χ0n) is 11.8. The second-order valence-electron chi connectivity index (χ2n) is 5.63. The number of nitrogens with one attached hydrogen (secondary N) is 1. The van der Waals surface area contributed by atoms with Crippen LogP contribution < -0.4 is 5.56 Å². The van der Waals surface area contributed by atoms with Crippen molar-refractivity contribution in [2.45, 2.75) is 31.8 Å². The molecule has 110 valence electrons. The third-order valence-corrected chi connectivity index (χ3v) is 4.25. The number of aromatic amines is 1. The van der Waals surface area contributed by atoms with Gasteiger partial charge in [-0.15, -0.1) is 0 Å². The van der Waals surface area contributed by atoms with Gasteiger partial charge in [0.2, 0.25) is 0 Å². The number of H-pyrrole nitrogens is 1. The second kappa shape index (κ2) is 4.96. The molecule has 1 saturated heterocycles. The fourth-order valence-electron chi connectivity index (χ4n) is 2.91. The van der Waals surface area contributed by atoms with E-state index in [9.17, 15) is 14.7 Å². The first-order valence-corrected chi connectivity index (χ1v) is 6.97. The average Bonchev–Trinajstić information content (AvgIpc) is 2.82. The first-order chi connectivity index (χ1) is 10.0. The number of hydrogen-bond donors (Lipinski definition) is 2. The third-order valence-electron chi connectivity index (χ3n) is 4.25. The van der Waals surface area contributed by atoms with E-state index < -0.39 is 11.5 Å². The maximum atomic E-state index is 12.0. The van der Waals surface area contributed by atoms with Crippen LogP contribution in [0.4, 0.5) is 0 Å². The molecule has 1 aliphatic heterocycles. The molecular formula is C15H17N3O3. The Balaban J connectivity index is 1.95. The summed E-state index contributed by atoms with van der Waals surface area (Å²) in [5.74, 6) is -0.323. The molecule has 1 unspecified atom stereocenters. The van der Waals surface area contributed by atoms with Crippen molar-refractivity contribution in [3.63, 3.8) is 0 Å². The Morgan fingerprint density at radius 1 is 1.48 bits per heavy atom. The minimum absolute atomic E-state index is 0.188. The Hall–Kier alpha value is -2.21. The number of nitrogens with zero attached hydrogens (tertiary/aromatic N) is 2. The van der Waals surface area contributed by atoms with Gasteiger partial charge in [0.1, 0.15) is 11.4 Å². The predicted molar refractivity (Wildman–Crippen MR) is 78.0 cm³/mol. The Morgan fingerprint density at radius 2 is 2.24 bits per heavy atom. The largest absolute Gasteiger partial charge is 0.480 e. The molecule has 0 bridgehead atoms. The normalized spacial score (nSPS) is 22.7. The molecule has 1 aromatic carbocycles. The Kier molecular flexibility index (Phi) is 3.25. The molecule has 0 aliphatic carbocycles. The molecule has 1 aliphatic rings. The van der Waals surface area contributed by atoms with Crippen molar-refractivity contribution in [3.8, 4) is 0 Å². The van der Waals surface area contributed by atoms with Crippen molar-refractivity contribution < 1.29 is 9.90 Å². The maximum Gasteiger partial charge on any atom is 0.323 e. The molecule has 0 saturated carbocycles. The molecule has 1 aromatic heterocycles. The van der Waals surface area contributed by atoms with Gasteiger partial charge < -0.3 is 10.1 Å². The summed E-state index contributed by atoms with van der Waals surface area (Å²) < 4.78 is 0. The lowest BCUT2D eigenvalue weighted by Gasteiger charge is -2.30. The number of aliphatic carboxylic acids is 1. The van der Waals surface area contributed by atoms with Crippen LogP contribution in [0.1, 0.15) is 25.6 Å². The van der Waals surface area contributed by atoms with Crippen LogP contribution in [0.15, 0.2) is 29.1 Å². The van der Waals surface area contributed by atoms with Gasteiger partial charge in [-0.3, -0.25) is 14.5 Å². The van der Waals surface area contributed by atoms with E-state index in [1.165, 1.54) is 0 Å². The first kappa shape index (κ1) is 13.8. The topological polar surface area (TPSA) is 86.3 Å². The minimum Gasteiger partial charge on any atom is -0.480 e. The predicted octanol–water partition coefficient (Wildman–Crippen LogP) is 1.36. The van der Waals surface area contributed by atoms with Crippen LogP contribution in [0.3, 0.4) is 0 Å². The summed E-state index contributed by atoms with van der Waals surface area (Å²) in [4.78, 5) is 32.6. The van der Waals surface area contributed by atoms with Gasteiger partial charge in [0.15, 0.2) is 0 Å². The van der Waals surface area contributed by atoms with Crippen LogP contribution in [0, 0.1) is 0 Å². The number of carboxylic acid groups (broad SMARTS) is 1. The van der Waals surface area contributed by atoms with E-state index in [0.717, 1.165) is 6.42 Å². The molecular weight excluding hydrogens is 270 g/mol. The van der Waals surface area contributed by atoms with E-state index >= 15 is 0 Å². The number of fused-ring (bicyclic) bond motifs is 1. The number of benzene rings is 1. The van der Waals surface area contributed by atoms with E-state index in [1.54, 1.807) is 25.1 Å². The molecule has 21 heavy (non-hydrogen) atoms. The molecule has 6 heteroatoms. The number of hydrogen-bond acceptors (Lipinski definition) is 4. The average molecular weight is 287 g/mol. The Labute approximate surface area is 121 Å². The summed E-state index contributed by atoms with van der Waals surface area (Å²) in [6.45, 7) is 2.75. The van der Waals surface area contributed by atoms with E-state index in [0.29, 0.717) is 36.2 Å². The Morgan fingerprint density at radius 3 is 3.00 bits per heavy atom. The number of carboxylic acids is 1. The highest BCUT2D eigenvalue weighted by Crippen LogP contribution is 2.30. The van der Waals surface area contributed by atoms with E-state index in [-0.39, 0.29) is 5.56 Å². The molecule has 6 nitrogen and oxygen atoms in total. The monoisotopic (exact) mass is 287 g/mol. The highest BCUT2D eigenvalue weighted by atomic mass is 16.4. The lowest BCUT2D eigenvalue weighted by Crippen LogP contribution is -2.47. The van der Waals surface area contributed by atoms with E-state index in [4.69, 9.17) is 0 Å². The second-order valence-corrected chi connectivity index (χ2v) is 5.63. The van der Waals surface area contributed by atoms with Crippen LogP contribution >= 0.6 is 0 Å². The van der Waals surface area contributed by atoms with Gasteiger partial charge >= 0.3 is 5.97 Å². The number of aromatic nitrogens is 2. The van der Waals surface area contributed by atoms with Crippen molar-refractivity contribution in [2.24, 2.45) is 0 Å². The van der Waals surface area contributed by atoms with Gasteiger partial charge in [-0.05, 0) is 38.4 Å². The standard InChI is InChI=1S/C15H17N3O3/c1-15(14(20)21)7-4-8-18(15)9-12-16-11-6-3-2-5-10(11)13(19)17-12/h2-3,5-6H,4,7-9H2,1H3,(H,20,21)(H,16,17,19). The lowest BCUT2D eigenvalue weighted by atomic mass is 9.99. The third kappa shape index (κ3) is 2.31. The first-order valence-electron chi connectivity index (χ1n) is 6.97. The van der Waals surface area contributed by atoms with Gasteiger partial charge in [0, 0.05) is 0 Å². The van der Waals surface area contributed by atoms with Crippen molar-refractivity contribution in [3.05, 3.63) is 40.4 Å². The van der Waals surface area contributed by atoms with Crippen LogP contribution in [-0.2, 0) is 11.3 Å². The minimum atomic E-state index is -0.885. The molecule has 2 heterocycles. The van der Waals surface area contributed by atoms with Gasteiger partial charge in [-0.25, -0.2) is 4.98 Å². The number of rotatable bonds is 3. The zero-order chi connectivity index (χ0) is 15.0. The van der Waals surface area contributed by atoms with Crippen molar-refractivity contribution in [1.29, 1.82) is 0 Å². The summed E-state index contributed by atoms with van der Waals surface area (Å²) in [6.07, 6.45) is 1.45. The maximum absolute atomic E-state index is 12.0. The molecule has 2 aromatic rings. The van der Waals surface area contributed by atoms with Gasteiger partial charge in [0.05, 0.1) is 17.4 Å². The quantitative estimate of drug-likeness (QED) is 0.890. The van der Waals surface area contributed by atoms with Crippen LogP contribution in [-0.4, -0.2) is 38.0 Å². The SMILES string of the molecule is CC1(C(=O)O)CCCN1Cc1nc2ccccc2c(=O)[nH]1. The highest BCUT2D eigenvalue weighted by Gasteiger charge is 2.43. The molecule has 0 radical (unpaired) electrons. The lowest BCUT2D eigenvalue weighted by molar-refractivity contribution is -0.149. The number of carbonyl (C=O) groups is 1. The summed E-state index contributed by atoms with van der Waals surface area (Å²) >= 11 is 0. The molecule has 3 rings (SSSR count). The fraction of sp³-hybridized carbons (Fsp3) is 0.400. The fourth-order valence-corrected chi connectivity index (χ4v) is 2.91. The summed E-state index contributed by atoms with van der Waals surface area (Å²) in [7, 11) is 0. The number of likely N-dealkylation sites (tertiary alicyclic amines) is 1. The zero-order valence-corrected chi connectivity index (χ0v) is 11.8.